The van der Waals surface area contributed by atoms with E-state index in [4.69, 9.17) is 5.73 Å². The molecule has 6 heteroatoms. The van der Waals surface area contributed by atoms with E-state index >= 15 is 0 Å². The summed E-state index contributed by atoms with van der Waals surface area (Å²) < 4.78 is 13.2. The number of nitrogens with two attached hydrogens (primary N) is 1. The summed E-state index contributed by atoms with van der Waals surface area (Å²) in [6.45, 7) is 0. The summed E-state index contributed by atoms with van der Waals surface area (Å²) in [4.78, 5) is 10.4. The second-order valence-corrected chi connectivity index (χ2v) is 3.81. The van der Waals surface area contributed by atoms with Gasteiger partial charge in [-0.25, -0.2) is 4.39 Å². The molecule has 1 heterocycles. The minimum Gasteiger partial charge on any atom is -0.374 e. The van der Waals surface area contributed by atoms with Crippen LogP contribution in [0.1, 0.15) is 10.4 Å². The molecule has 0 fully saturated rings. The highest BCUT2D eigenvalue weighted by atomic mass is 32.1. The summed E-state index contributed by atoms with van der Waals surface area (Å²) in [7, 11) is 0. The van der Waals surface area contributed by atoms with Crippen molar-refractivity contribution in [2.75, 3.05) is 5.73 Å². The average molecular weight is 223 g/mol. The molecule has 0 saturated carbocycles. The third kappa shape index (κ3) is 1.84. The van der Waals surface area contributed by atoms with Gasteiger partial charge in [-0.2, -0.15) is 0 Å². The van der Waals surface area contributed by atoms with Gasteiger partial charge in [0.2, 0.25) is 5.13 Å². The number of aromatic nitrogens is 2. The average Bonchev–Trinajstić information content (AvgIpc) is 2.65. The molecule has 4 nitrogen and oxygen atoms in total. The molecule has 0 aliphatic carbocycles. The van der Waals surface area contributed by atoms with Gasteiger partial charge in [-0.1, -0.05) is 17.4 Å². The molecule has 2 N–H and O–H groups in total. The summed E-state index contributed by atoms with van der Waals surface area (Å²) in [5.41, 5.74) is 5.99. The Balaban J connectivity index is 2.46. The fourth-order valence-electron chi connectivity index (χ4n) is 1.11. The largest absolute Gasteiger partial charge is 0.374 e. The van der Waals surface area contributed by atoms with Gasteiger partial charge in [0, 0.05) is 5.56 Å². The Bertz CT molecular complexity index is 512. The van der Waals surface area contributed by atoms with E-state index < -0.39 is 5.82 Å². The topological polar surface area (TPSA) is 68.9 Å². The van der Waals surface area contributed by atoms with E-state index in [0.29, 0.717) is 22.0 Å². The number of hydrogen-bond donors (Lipinski definition) is 1. The zero-order chi connectivity index (χ0) is 10.8. The number of aldehydes is 1. The first-order valence-corrected chi connectivity index (χ1v) is 4.86. The van der Waals surface area contributed by atoms with E-state index in [1.165, 1.54) is 12.1 Å². The minimum atomic E-state index is -0.573. The number of halogens is 1. The van der Waals surface area contributed by atoms with E-state index in [1.807, 2.05) is 0 Å². The van der Waals surface area contributed by atoms with Gasteiger partial charge in [0.05, 0.1) is 5.56 Å². The smallest absolute Gasteiger partial charge is 0.203 e. The van der Waals surface area contributed by atoms with Crippen LogP contribution in [0, 0.1) is 5.82 Å². The van der Waals surface area contributed by atoms with E-state index in [9.17, 15) is 9.18 Å². The van der Waals surface area contributed by atoms with Crippen LogP contribution in [-0.4, -0.2) is 16.5 Å². The maximum Gasteiger partial charge on any atom is 0.203 e. The summed E-state index contributed by atoms with van der Waals surface area (Å²) in [6, 6.07) is 4.24. The fourth-order valence-corrected chi connectivity index (χ4v) is 1.71. The van der Waals surface area contributed by atoms with Crippen LogP contribution in [-0.2, 0) is 0 Å². The van der Waals surface area contributed by atoms with Gasteiger partial charge in [-0.15, -0.1) is 10.2 Å². The van der Waals surface area contributed by atoms with Gasteiger partial charge in [-0.3, -0.25) is 4.79 Å². The molecule has 2 rings (SSSR count). The Morgan fingerprint density at radius 2 is 2.20 bits per heavy atom. The molecular weight excluding hydrogens is 217 g/mol. The molecule has 76 valence electrons. The molecule has 1 aromatic heterocycles. The first kappa shape index (κ1) is 9.72. The quantitative estimate of drug-likeness (QED) is 0.787. The van der Waals surface area contributed by atoms with Crippen molar-refractivity contribution in [3.8, 4) is 10.6 Å². The predicted octanol–water partition coefficient (Wildman–Crippen LogP) is 1.74. The molecule has 0 radical (unpaired) electrons. The van der Waals surface area contributed by atoms with E-state index in [-0.39, 0.29) is 5.56 Å². The Labute approximate surface area is 88.6 Å². The number of nitrogen functional groups attached to an aromatic ring is 1. The summed E-state index contributed by atoms with van der Waals surface area (Å²) in [6.07, 6.45) is 0.466. The Morgan fingerprint density at radius 1 is 1.40 bits per heavy atom. The summed E-state index contributed by atoms with van der Waals surface area (Å²) in [5.74, 6) is -0.573. The third-order valence-corrected chi connectivity index (χ3v) is 2.62. The molecule has 15 heavy (non-hydrogen) atoms. The van der Waals surface area contributed by atoms with Crippen molar-refractivity contribution < 1.29 is 9.18 Å². The van der Waals surface area contributed by atoms with Crippen molar-refractivity contribution in [1.29, 1.82) is 0 Å². The zero-order valence-corrected chi connectivity index (χ0v) is 8.29. The summed E-state index contributed by atoms with van der Waals surface area (Å²) in [5, 5.41) is 8.25. The van der Waals surface area contributed by atoms with Gasteiger partial charge in [0.15, 0.2) is 6.29 Å². The highest BCUT2D eigenvalue weighted by Gasteiger charge is 2.07. The van der Waals surface area contributed by atoms with Crippen LogP contribution in [0.15, 0.2) is 18.2 Å². The molecule has 2 aromatic rings. The Morgan fingerprint density at radius 3 is 2.73 bits per heavy atom. The molecule has 1 aromatic carbocycles. The van der Waals surface area contributed by atoms with Gasteiger partial charge < -0.3 is 5.73 Å². The SMILES string of the molecule is Nc1nnc(-c2ccc(C=O)c(F)c2)s1. The number of nitrogens with zero attached hydrogens (tertiary/aromatic N) is 2. The zero-order valence-electron chi connectivity index (χ0n) is 7.48. The third-order valence-electron chi connectivity index (χ3n) is 1.81. The number of anilines is 1. The second kappa shape index (κ2) is 3.74. The molecule has 0 amide bonds. The Kier molecular flexibility index (Phi) is 2.42. The standard InChI is InChI=1S/C9H6FN3OS/c10-7-3-5(1-2-6(7)4-14)8-12-13-9(11)15-8/h1-4H,(H2,11,13). The highest BCUT2D eigenvalue weighted by molar-refractivity contribution is 7.18. The van der Waals surface area contributed by atoms with Crippen molar-refractivity contribution in [3.63, 3.8) is 0 Å². The first-order valence-electron chi connectivity index (χ1n) is 4.05. The molecular formula is C9H6FN3OS. The van der Waals surface area contributed by atoms with Crippen LogP contribution in [0.25, 0.3) is 10.6 Å². The van der Waals surface area contributed by atoms with Crippen molar-refractivity contribution in [2.45, 2.75) is 0 Å². The van der Waals surface area contributed by atoms with Gasteiger partial charge in [-0.05, 0) is 12.1 Å². The molecule has 0 spiro atoms. The monoisotopic (exact) mass is 223 g/mol. The lowest BCUT2D eigenvalue weighted by Gasteiger charge is -1.97. The lowest BCUT2D eigenvalue weighted by molar-refractivity contribution is 0.112. The number of hydrogen-bond acceptors (Lipinski definition) is 5. The van der Waals surface area contributed by atoms with E-state index in [0.717, 1.165) is 11.3 Å². The predicted molar refractivity (Wildman–Crippen MR) is 55.1 cm³/mol. The Hall–Kier alpha value is -1.82. The molecule has 0 aliphatic rings. The molecule has 0 saturated heterocycles. The van der Waals surface area contributed by atoms with E-state index in [2.05, 4.69) is 10.2 Å². The molecule has 0 bridgehead atoms. The van der Waals surface area contributed by atoms with Gasteiger partial charge in [0.1, 0.15) is 10.8 Å². The maximum absolute atomic E-state index is 13.2. The number of carbonyl (C=O) groups is 1. The van der Waals surface area contributed by atoms with Gasteiger partial charge in [0.25, 0.3) is 0 Å². The molecule has 0 aliphatic heterocycles. The van der Waals surface area contributed by atoms with Crippen LogP contribution >= 0.6 is 11.3 Å². The van der Waals surface area contributed by atoms with Crippen molar-refractivity contribution in [3.05, 3.63) is 29.6 Å². The normalized spacial score (nSPS) is 10.2. The van der Waals surface area contributed by atoms with Gasteiger partial charge >= 0.3 is 0 Å². The van der Waals surface area contributed by atoms with Crippen LogP contribution in [0.2, 0.25) is 0 Å². The molecule has 0 unspecified atom stereocenters. The van der Waals surface area contributed by atoms with Crippen molar-refractivity contribution in [1.82, 2.24) is 10.2 Å². The highest BCUT2D eigenvalue weighted by Crippen LogP contribution is 2.25. The van der Waals surface area contributed by atoms with Crippen LogP contribution in [0.5, 0.6) is 0 Å². The summed E-state index contributed by atoms with van der Waals surface area (Å²) >= 11 is 1.16. The number of rotatable bonds is 2. The van der Waals surface area contributed by atoms with Crippen LogP contribution in [0.3, 0.4) is 0 Å². The van der Waals surface area contributed by atoms with Crippen LogP contribution in [0.4, 0.5) is 9.52 Å². The minimum absolute atomic E-state index is 0.0243. The lowest BCUT2D eigenvalue weighted by atomic mass is 10.1. The number of carbonyl (C=O) groups excluding carboxylic acids is 1. The first-order chi connectivity index (χ1) is 7.20. The second-order valence-electron chi connectivity index (χ2n) is 2.80. The molecule has 0 atom stereocenters. The number of benzene rings is 1. The maximum atomic E-state index is 13.2. The lowest BCUT2D eigenvalue weighted by Crippen LogP contribution is -1.88. The van der Waals surface area contributed by atoms with Crippen molar-refractivity contribution >= 4 is 22.8 Å². The van der Waals surface area contributed by atoms with E-state index in [1.54, 1.807) is 6.07 Å². The van der Waals surface area contributed by atoms with Crippen LogP contribution < -0.4 is 5.73 Å². The van der Waals surface area contributed by atoms with Crippen molar-refractivity contribution in [2.24, 2.45) is 0 Å². The fraction of sp³-hybridized carbons (Fsp3) is 0.